The van der Waals surface area contributed by atoms with Crippen LogP contribution < -0.4 is 4.90 Å². The topological polar surface area (TPSA) is 76.6 Å². The minimum Gasteiger partial charge on any atom is -0.450 e. The Balaban J connectivity index is 1.51. The summed E-state index contributed by atoms with van der Waals surface area (Å²) in [5, 5.41) is 11.5. The molecule has 1 saturated heterocycles. The molecule has 1 aliphatic rings. The van der Waals surface area contributed by atoms with Gasteiger partial charge in [-0.25, -0.2) is 0 Å². The summed E-state index contributed by atoms with van der Waals surface area (Å²) in [7, 11) is 0. The minimum absolute atomic E-state index is 0.0473. The molecule has 0 spiro atoms. The molecule has 4 rings (SSSR count). The van der Waals surface area contributed by atoms with Crippen LogP contribution >= 0.6 is 35.7 Å². The number of aryl methyl sites for hydroxylation is 1. The lowest BCUT2D eigenvalue weighted by Crippen LogP contribution is -2.27. The zero-order valence-electron chi connectivity index (χ0n) is 15.6. The number of hydrogen-bond donors (Lipinski definition) is 0. The molecule has 3 aromatic rings. The van der Waals surface area contributed by atoms with Crippen molar-refractivity contribution in [3.8, 4) is 0 Å². The standard InChI is InChI=1S/C21H14N2O4S3/c1-13-2-9-17(10-3-13)29-19-11-8-16(27-19)12-18-20(24)22(21(28)30-18)14-4-6-15(7-5-14)23(25)26/h2-12H,1H3/b18-12+. The highest BCUT2D eigenvalue weighted by Crippen LogP contribution is 2.37. The summed E-state index contributed by atoms with van der Waals surface area (Å²) in [5.74, 6) is 0.261. The van der Waals surface area contributed by atoms with Crippen LogP contribution in [-0.4, -0.2) is 15.2 Å². The Morgan fingerprint density at radius 3 is 2.47 bits per heavy atom. The monoisotopic (exact) mass is 454 g/mol. The number of hydrogen-bond acceptors (Lipinski definition) is 7. The predicted octanol–water partition coefficient (Wildman–Crippen LogP) is 6.05. The largest absolute Gasteiger partial charge is 0.450 e. The number of thiocarbonyl (C=S) groups is 1. The van der Waals surface area contributed by atoms with E-state index in [0.29, 0.717) is 20.7 Å². The molecule has 1 amide bonds. The molecule has 0 bridgehead atoms. The number of carbonyl (C=O) groups is 1. The zero-order chi connectivity index (χ0) is 21.3. The quantitative estimate of drug-likeness (QED) is 0.201. The van der Waals surface area contributed by atoms with E-state index < -0.39 is 4.92 Å². The van der Waals surface area contributed by atoms with Crippen LogP contribution in [-0.2, 0) is 4.79 Å². The van der Waals surface area contributed by atoms with Crippen molar-refractivity contribution in [2.24, 2.45) is 0 Å². The van der Waals surface area contributed by atoms with Gasteiger partial charge in [-0.1, -0.05) is 53.4 Å². The fraction of sp³-hybridized carbons (Fsp3) is 0.0476. The van der Waals surface area contributed by atoms with E-state index in [1.54, 1.807) is 12.1 Å². The molecule has 0 atom stereocenters. The Hall–Kier alpha value is -2.88. The third-order valence-electron chi connectivity index (χ3n) is 4.23. The second kappa shape index (κ2) is 8.47. The summed E-state index contributed by atoms with van der Waals surface area (Å²) in [5.41, 5.74) is 1.63. The molecule has 1 aromatic heterocycles. The number of rotatable bonds is 5. The number of thioether (sulfide) groups is 1. The number of nitro benzene ring substituents is 1. The number of non-ortho nitro benzene ring substituents is 1. The van der Waals surface area contributed by atoms with Crippen molar-refractivity contribution in [2.45, 2.75) is 16.9 Å². The van der Waals surface area contributed by atoms with E-state index in [9.17, 15) is 14.9 Å². The molecule has 2 aromatic carbocycles. The van der Waals surface area contributed by atoms with Crippen molar-refractivity contribution in [1.29, 1.82) is 0 Å². The molecule has 1 aliphatic heterocycles. The highest BCUT2D eigenvalue weighted by molar-refractivity contribution is 8.27. The van der Waals surface area contributed by atoms with Gasteiger partial charge in [0, 0.05) is 23.1 Å². The molecule has 0 N–H and O–H groups in total. The molecule has 1 fully saturated rings. The number of nitro groups is 1. The maximum absolute atomic E-state index is 12.8. The number of anilines is 1. The van der Waals surface area contributed by atoms with Crippen LogP contribution in [0.15, 0.2) is 80.0 Å². The van der Waals surface area contributed by atoms with E-state index in [4.69, 9.17) is 16.6 Å². The lowest BCUT2D eigenvalue weighted by atomic mass is 10.2. The van der Waals surface area contributed by atoms with E-state index in [-0.39, 0.29) is 11.6 Å². The van der Waals surface area contributed by atoms with E-state index in [1.165, 1.54) is 58.3 Å². The summed E-state index contributed by atoms with van der Waals surface area (Å²) in [6.45, 7) is 2.03. The number of nitrogens with zero attached hydrogens (tertiary/aromatic N) is 2. The number of carbonyl (C=O) groups excluding carboxylic acids is 1. The average molecular weight is 455 g/mol. The molecule has 9 heteroatoms. The Morgan fingerprint density at radius 1 is 1.10 bits per heavy atom. The zero-order valence-corrected chi connectivity index (χ0v) is 18.1. The molecule has 6 nitrogen and oxygen atoms in total. The Morgan fingerprint density at radius 2 is 1.80 bits per heavy atom. The fourth-order valence-corrected chi connectivity index (χ4v) is 4.79. The third kappa shape index (κ3) is 4.33. The van der Waals surface area contributed by atoms with Crippen LogP contribution in [0.1, 0.15) is 11.3 Å². The van der Waals surface area contributed by atoms with Gasteiger partial charge >= 0.3 is 0 Å². The van der Waals surface area contributed by atoms with Gasteiger partial charge in [-0.2, -0.15) is 0 Å². The highest BCUT2D eigenvalue weighted by atomic mass is 32.2. The van der Waals surface area contributed by atoms with Gasteiger partial charge < -0.3 is 4.42 Å². The van der Waals surface area contributed by atoms with Crippen LogP contribution in [0, 0.1) is 17.0 Å². The fourth-order valence-electron chi connectivity index (χ4n) is 2.73. The Bertz CT molecular complexity index is 1170. The first-order valence-corrected chi connectivity index (χ1v) is 10.8. The van der Waals surface area contributed by atoms with Gasteiger partial charge in [-0.05, 0) is 43.3 Å². The normalized spacial score (nSPS) is 15.2. The van der Waals surface area contributed by atoms with Gasteiger partial charge in [0.05, 0.1) is 15.5 Å². The summed E-state index contributed by atoms with van der Waals surface area (Å²) >= 11 is 8.00. The Labute approximate surface area is 186 Å². The van der Waals surface area contributed by atoms with Crippen LogP contribution in [0.3, 0.4) is 0 Å². The molecule has 2 heterocycles. The molecule has 0 radical (unpaired) electrons. The lowest BCUT2D eigenvalue weighted by molar-refractivity contribution is -0.384. The van der Waals surface area contributed by atoms with Crippen molar-refractivity contribution in [3.63, 3.8) is 0 Å². The van der Waals surface area contributed by atoms with Crippen LogP contribution in [0.5, 0.6) is 0 Å². The maximum Gasteiger partial charge on any atom is 0.270 e. The molecule has 30 heavy (non-hydrogen) atoms. The Kier molecular flexibility index (Phi) is 5.76. The predicted molar refractivity (Wildman–Crippen MR) is 123 cm³/mol. The summed E-state index contributed by atoms with van der Waals surface area (Å²) in [4.78, 5) is 26.0. The van der Waals surface area contributed by atoms with Crippen molar-refractivity contribution in [3.05, 3.63) is 87.0 Å². The van der Waals surface area contributed by atoms with E-state index in [2.05, 4.69) is 0 Å². The summed E-state index contributed by atoms with van der Waals surface area (Å²) < 4.78 is 6.19. The SMILES string of the molecule is Cc1ccc(Sc2ccc(/C=C3/SC(=S)N(c4ccc([N+](=O)[O-])cc4)C3=O)o2)cc1. The van der Waals surface area contributed by atoms with Gasteiger partial charge in [0.1, 0.15) is 5.76 Å². The average Bonchev–Trinajstić information content (AvgIpc) is 3.27. The van der Waals surface area contributed by atoms with Gasteiger partial charge in [0.2, 0.25) is 0 Å². The summed E-state index contributed by atoms with van der Waals surface area (Å²) in [6.07, 6.45) is 1.66. The number of benzene rings is 2. The lowest BCUT2D eigenvalue weighted by Gasteiger charge is -2.13. The molecule has 0 aliphatic carbocycles. The van der Waals surface area contributed by atoms with Crippen LogP contribution in [0.25, 0.3) is 6.08 Å². The minimum atomic E-state index is -0.489. The maximum atomic E-state index is 12.8. The summed E-state index contributed by atoms with van der Waals surface area (Å²) in [6, 6.07) is 17.5. The van der Waals surface area contributed by atoms with Gasteiger partial charge in [0.15, 0.2) is 9.41 Å². The first kappa shape index (κ1) is 20.4. The number of amides is 1. The van der Waals surface area contributed by atoms with Crippen LogP contribution in [0.4, 0.5) is 11.4 Å². The van der Waals surface area contributed by atoms with E-state index >= 15 is 0 Å². The van der Waals surface area contributed by atoms with Crippen LogP contribution in [0.2, 0.25) is 0 Å². The molecular weight excluding hydrogens is 440 g/mol. The van der Waals surface area contributed by atoms with E-state index in [1.807, 2.05) is 37.3 Å². The van der Waals surface area contributed by atoms with Crippen molar-refractivity contribution >= 4 is 63.4 Å². The molecule has 0 unspecified atom stereocenters. The second-order valence-corrected chi connectivity index (χ2v) is 9.12. The first-order chi connectivity index (χ1) is 14.4. The van der Waals surface area contributed by atoms with Crippen molar-refractivity contribution in [1.82, 2.24) is 0 Å². The van der Waals surface area contributed by atoms with Crippen molar-refractivity contribution < 1.29 is 14.1 Å². The van der Waals surface area contributed by atoms with Gasteiger partial charge in [-0.15, -0.1) is 0 Å². The third-order valence-corrected chi connectivity index (χ3v) is 6.46. The molecular formula is C21H14N2O4S3. The van der Waals surface area contributed by atoms with E-state index in [0.717, 1.165) is 9.99 Å². The van der Waals surface area contributed by atoms with Crippen molar-refractivity contribution in [2.75, 3.05) is 4.90 Å². The first-order valence-electron chi connectivity index (χ1n) is 8.77. The second-order valence-electron chi connectivity index (χ2n) is 6.36. The smallest absolute Gasteiger partial charge is 0.270 e. The highest BCUT2D eigenvalue weighted by Gasteiger charge is 2.33. The molecule has 0 saturated carbocycles. The number of furan rings is 1. The van der Waals surface area contributed by atoms with Gasteiger partial charge in [-0.3, -0.25) is 19.8 Å². The molecule has 150 valence electrons. The van der Waals surface area contributed by atoms with Gasteiger partial charge in [0.25, 0.3) is 11.6 Å².